The van der Waals surface area contributed by atoms with Crippen LogP contribution in [0.5, 0.6) is 0 Å². The van der Waals surface area contributed by atoms with Gasteiger partial charge in [-0.25, -0.2) is 0 Å². The Morgan fingerprint density at radius 3 is 1.79 bits per heavy atom. The molecule has 2 aliphatic heterocycles. The van der Waals surface area contributed by atoms with Crippen LogP contribution in [0, 0.1) is 0 Å². The van der Waals surface area contributed by atoms with Gasteiger partial charge >= 0.3 is 0 Å². The topological polar surface area (TPSA) is 18.5 Å². The Labute approximate surface area is 99.9 Å². The Morgan fingerprint density at radius 2 is 1.36 bits per heavy atom. The van der Waals surface area contributed by atoms with E-state index >= 15 is 0 Å². The largest absolute Gasteiger partial charge is 0.487 e. The Kier molecular flexibility index (Phi) is 3.70. The van der Waals surface area contributed by atoms with Gasteiger partial charge in [-0.1, -0.05) is 23.5 Å². The monoisotopic (exact) mass is 264 g/mol. The highest BCUT2D eigenvalue weighted by molar-refractivity contribution is 8.33. The third-order valence-corrected chi connectivity index (χ3v) is 6.61. The molecule has 0 aliphatic carbocycles. The molecule has 76 valence electrons. The summed E-state index contributed by atoms with van der Waals surface area (Å²) in [5.41, 5.74) is 0. The molecule has 2 aliphatic rings. The zero-order valence-electron chi connectivity index (χ0n) is 7.60. The van der Waals surface area contributed by atoms with Gasteiger partial charge in [0.1, 0.15) is 0 Å². The zero-order chi connectivity index (χ0) is 9.97. The molecule has 0 bridgehead atoms. The van der Waals surface area contributed by atoms with Gasteiger partial charge in [0.05, 0.1) is 22.7 Å². The maximum atomic E-state index is 5.23. The highest BCUT2D eigenvalue weighted by atomic mass is 32.2. The molecule has 0 aromatic heterocycles. The summed E-state index contributed by atoms with van der Waals surface area (Å²) in [4.78, 5) is 0. The van der Waals surface area contributed by atoms with E-state index in [-0.39, 0.29) is 0 Å². The molecular weight excluding hydrogens is 256 g/mol. The van der Waals surface area contributed by atoms with Gasteiger partial charge in [-0.15, -0.1) is 0 Å². The van der Waals surface area contributed by atoms with Crippen molar-refractivity contribution in [3.8, 4) is 0 Å². The van der Waals surface area contributed by atoms with Crippen molar-refractivity contribution in [3.05, 3.63) is 29.5 Å². The molecule has 14 heavy (non-hydrogen) atoms. The lowest BCUT2D eigenvalue weighted by Crippen LogP contribution is -1.83. The number of thioether (sulfide) groups is 4. The Bertz CT molecular complexity index is 304. The van der Waals surface area contributed by atoms with Crippen molar-refractivity contribution in [3.63, 3.8) is 0 Å². The molecule has 0 spiro atoms. The number of hydrogen-bond donors (Lipinski definition) is 0. The molecule has 0 atom stereocenters. The molecule has 0 aromatic carbocycles. The van der Waals surface area contributed by atoms with E-state index < -0.39 is 0 Å². The van der Waals surface area contributed by atoms with E-state index in [0.717, 1.165) is 10.2 Å². The summed E-state index contributed by atoms with van der Waals surface area (Å²) >= 11 is 6.76. The predicted octanol–water partition coefficient (Wildman–Crippen LogP) is 3.96. The molecule has 0 saturated heterocycles. The van der Waals surface area contributed by atoms with Crippen LogP contribution in [0.25, 0.3) is 0 Å². The van der Waals surface area contributed by atoms with E-state index in [2.05, 4.69) is 10.8 Å². The smallest absolute Gasteiger partial charge is 0.208 e. The molecular formula is C8H8O2S4. The molecule has 2 rings (SSSR count). The van der Waals surface area contributed by atoms with Crippen molar-refractivity contribution in [2.45, 2.75) is 0 Å². The van der Waals surface area contributed by atoms with Gasteiger partial charge in [-0.2, -0.15) is 0 Å². The van der Waals surface area contributed by atoms with Crippen LogP contribution < -0.4 is 0 Å². The van der Waals surface area contributed by atoms with Gasteiger partial charge in [0.15, 0.2) is 0 Å². The maximum Gasteiger partial charge on any atom is 0.208 e. The van der Waals surface area contributed by atoms with Crippen LogP contribution in [0.2, 0.25) is 0 Å². The van der Waals surface area contributed by atoms with Crippen LogP contribution in [0.15, 0.2) is 29.5 Å². The number of methoxy groups -OCH3 is 2. The summed E-state index contributed by atoms with van der Waals surface area (Å²) in [5.74, 6) is 0. The quantitative estimate of drug-likeness (QED) is 0.746. The van der Waals surface area contributed by atoms with Gasteiger partial charge in [0, 0.05) is 0 Å². The van der Waals surface area contributed by atoms with Crippen LogP contribution in [0.3, 0.4) is 0 Å². The first-order valence-electron chi connectivity index (χ1n) is 3.75. The van der Waals surface area contributed by atoms with Gasteiger partial charge < -0.3 is 9.47 Å². The van der Waals surface area contributed by atoms with Crippen LogP contribution >= 0.6 is 47.0 Å². The van der Waals surface area contributed by atoms with Crippen molar-refractivity contribution < 1.29 is 9.47 Å². The van der Waals surface area contributed by atoms with Crippen molar-refractivity contribution in [2.75, 3.05) is 14.2 Å². The second-order valence-corrected chi connectivity index (χ2v) is 6.59. The summed E-state index contributed by atoms with van der Waals surface area (Å²) in [6, 6.07) is 0. The van der Waals surface area contributed by atoms with E-state index in [1.54, 1.807) is 61.3 Å². The lowest BCUT2D eigenvalue weighted by Gasteiger charge is -1.99. The van der Waals surface area contributed by atoms with Crippen LogP contribution in [0.4, 0.5) is 0 Å². The molecule has 0 aromatic rings. The van der Waals surface area contributed by atoms with Crippen molar-refractivity contribution >= 4 is 47.0 Å². The fourth-order valence-corrected chi connectivity index (χ4v) is 5.30. The molecule has 0 amide bonds. The SMILES string of the molecule is COC1=C(OC)SC(=C2SC=CS2)S1. The van der Waals surface area contributed by atoms with Gasteiger partial charge in [-0.05, 0) is 34.3 Å². The van der Waals surface area contributed by atoms with Crippen LogP contribution in [0.1, 0.15) is 0 Å². The lowest BCUT2D eigenvalue weighted by atomic mass is 11.0. The highest BCUT2D eigenvalue weighted by Crippen LogP contribution is 2.56. The van der Waals surface area contributed by atoms with E-state index in [0.29, 0.717) is 0 Å². The van der Waals surface area contributed by atoms with Crippen molar-refractivity contribution in [2.24, 2.45) is 0 Å². The van der Waals surface area contributed by atoms with Crippen LogP contribution in [-0.2, 0) is 9.47 Å². The second kappa shape index (κ2) is 4.83. The minimum atomic E-state index is 0.855. The Hall–Kier alpha value is 0.220. The molecule has 0 radical (unpaired) electrons. The number of ether oxygens (including phenoxy) is 2. The maximum absolute atomic E-state index is 5.23. The average Bonchev–Trinajstić information content (AvgIpc) is 2.85. The minimum absolute atomic E-state index is 0.855. The molecule has 0 fully saturated rings. The lowest BCUT2D eigenvalue weighted by molar-refractivity contribution is 0.267. The normalized spacial score (nSPS) is 21.0. The fourth-order valence-electron chi connectivity index (χ4n) is 0.909. The van der Waals surface area contributed by atoms with Crippen molar-refractivity contribution in [1.29, 1.82) is 0 Å². The average molecular weight is 264 g/mol. The molecule has 2 heterocycles. The van der Waals surface area contributed by atoms with E-state index in [4.69, 9.17) is 9.47 Å². The molecule has 0 unspecified atom stereocenters. The van der Waals surface area contributed by atoms with Crippen molar-refractivity contribution in [1.82, 2.24) is 0 Å². The summed E-state index contributed by atoms with van der Waals surface area (Å²) < 4.78 is 13.0. The third kappa shape index (κ3) is 2.08. The zero-order valence-corrected chi connectivity index (χ0v) is 10.9. The van der Waals surface area contributed by atoms with E-state index in [1.165, 1.54) is 8.47 Å². The van der Waals surface area contributed by atoms with Crippen LogP contribution in [-0.4, -0.2) is 14.2 Å². The van der Waals surface area contributed by atoms with Gasteiger partial charge in [0.2, 0.25) is 10.2 Å². The highest BCUT2D eigenvalue weighted by Gasteiger charge is 2.26. The molecule has 6 heteroatoms. The molecule has 2 nitrogen and oxygen atoms in total. The first-order chi connectivity index (χ1) is 6.85. The summed E-state index contributed by atoms with van der Waals surface area (Å²) in [5, 5.41) is 5.89. The molecule has 0 N–H and O–H groups in total. The number of rotatable bonds is 2. The number of hydrogen-bond acceptors (Lipinski definition) is 6. The first-order valence-corrected chi connectivity index (χ1v) is 7.15. The third-order valence-electron chi connectivity index (χ3n) is 1.48. The Morgan fingerprint density at radius 1 is 0.857 bits per heavy atom. The Balaban J connectivity index is 2.14. The van der Waals surface area contributed by atoms with E-state index in [1.807, 2.05) is 0 Å². The first kappa shape index (κ1) is 10.7. The van der Waals surface area contributed by atoms with Gasteiger partial charge in [0.25, 0.3) is 0 Å². The molecule has 0 saturated carbocycles. The minimum Gasteiger partial charge on any atom is -0.487 e. The predicted molar refractivity (Wildman–Crippen MR) is 67.6 cm³/mol. The fraction of sp³-hybridized carbons (Fsp3) is 0.250. The standard InChI is InChI=1S/C8H8O2S4/c1-9-5-6(10-2)14-8(13-5)7-11-3-4-12-7/h3-4H,1-2H3. The second-order valence-electron chi connectivity index (χ2n) is 2.27. The van der Waals surface area contributed by atoms with E-state index in [9.17, 15) is 0 Å². The summed E-state index contributed by atoms with van der Waals surface area (Å²) in [6.07, 6.45) is 0. The summed E-state index contributed by atoms with van der Waals surface area (Å²) in [6.45, 7) is 0. The summed E-state index contributed by atoms with van der Waals surface area (Å²) in [7, 11) is 3.34. The van der Waals surface area contributed by atoms with Gasteiger partial charge in [-0.3, -0.25) is 0 Å².